The Morgan fingerprint density at radius 3 is 1.62 bits per heavy atom. The summed E-state index contributed by atoms with van der Waals surface area (Å²) in [6, 6.07) is 22.2. The number of rotatable bonds is 5. The Morgan fingerprint density at radius 1 is 0.793 bits per heavy atom. The Hall–Kier alpha value is -0.496. The van der Waals surface area contributed by atoms with Crippen molar-refractivity contribution >= 4 is 0 Å². The van der Waals surface area contributed by atoms with Crippen molar-refractivity contribution in [1.29, 1.82) is 0 Å². The molecule has 4 heteroatoms. The van der Waals surface area contributed by atoms with Gasteiger partial charge in [0.2, 0.25) is 0 Å². The zero-order valence-electron chi connectivity index (χ0n) is 17.6. The minimum absolute atomic E-state index is 0. The Kier molecular flexibility index (Phi) is 11.6. The van der Waals surface area contributed by atoms with E-state index in [0.717, 1.165) is 6.42 Å². The van der Waals surface area contributed by atoms with Gasteiger partial charge in [-0.05, 0) is 0 Å². The second-order valence-corrected chi connectivity index (χ2v) is 9.05. The molecule has 29 heavy (non-hydrogen) atoms. The molecule has 1 aliphatic rings. The monoisotopic (exact) mass is 482 g/mol. The Labute approximate surface area is 207 Å². The molecule has 3 rings (SSSR count). The molecule has 0 heterocycles. The van der Waals surface area contributed by atoms with Crippen LogP contribution in [0.3, 0.4) is 0 Å². The second-order valence-electron chi connectivity index (χ2n) is 8.27. The third kappa shape index (κ3) is 5.23. The number of halogens is 3. The third-order valence-electron chi connectivity index (χ3n) is 5.69. The van der Waals surface area contributed by atoms with Crippen LogP contribution in [-0.2, 0) is 25.9 Å². The number of benzene rings is 2. The van der Waals surface area contributed by atoms with Gasteiger partial charge in [-0.25, -0.2) is 0 Å². The fourth-order valence-corrected chi connectivity index (χ4v) is 5.48. The van der Waals surface area contributed by atoms with Crippen molar-refractivity contribution < 1.29 is 57.7 Å². The first-order valence-corrected chi connectivity index (χ1v) is 10.5. The van der Waals surface area contributed by atoms with Gasteiger partial charge in [0.1, 0.15) is 0 Å². The van der Waals surface area contributed by atoms with Crippen molar-refractivity contribution in [2.24, 2.45) is 5.41 Å². The van der Waals surface area contributed by atoms with E-state index in [0.29, 0.717) is 0 Å². The largest absolute Gasteiger partial charge is 1.00 e. The molecule has 0 radical (unpaired) electrons. The topological polar surface area (TPSA) is 0 Å². The SMILES string of the molecule is CCCC1=CCC(C(c2ccccc2)(c2ccccc2)C(C)(C)C)=[C]1[Ti+3].[Cl-].[Cl-].[Cl-]. The average molecular weight is 484 g/mol. The van der Waals surface area contributed by atoms with Gasteiger partial charge in [0.25, 0.3) is 0 Å². The molecule has 0 atom stereocenters. The summed E-state index contributed by atoms with van der Waals surface area (Å²) in [5, 5.41) is 0. The minimum atomic E-state index is -0.119. The van der Waals surface area contributed by atoms with Crippen LogP contribution in [0.5, 0.6) is 0 Å². The molecular weight excluding hydrogens is 455 g/mol. The van der Waals surface area contributed by atoms with Gasteiger partial charge in [0, 0.05) is 0 Å². The maximum atomic E-state index is 2.47. The first-order valence-electron chi connectivity index (χ1n) is 9.68. The number of hydrogen-bond acceptors (Lipinski definition) is 0. The van der Waals surface area contributed by atoms with E-state index in [2.05, 4.69) is 115 Å². The fourth-order valence-electron chi connectivity index (χ4n) is 4.67. The summed E-state index contributed by atoms with van der Waals surface area (Å²) in [4.78, 5) is 0. The molecule has 0 unspecified atom stereocenters. The summed E-state index contributed by atoms with van der Waals surface area (Å²) in [6.45, 7) is 9.46. The van der Waals surface area contributed by atoms with Crippen LogP contribution in [0.15, 0.2) is 81.8 Å². The van der Waals surface area contributed by atoms with Crippen molar-refractivity contribution in [2.75, 3.05) is 0 Å². The minimum Gasteiger partial charge on any atom is -1.00 e. The summed E-state index contributed by atoms with van der Waals surface area (Å²) in [5.41, 5.74) is 5.86. The molecule has 0 nitrogen and oxygen atoms in total. The van der Waals surface area contributed by atoms with Gasteiger partial charge in [0.05, 0.1) is 0 Å². The molecule has 2 aromatic carbocycles. The predicted molar refractivity (Wildman–Crippen MR) is 108 cm³/mol. The van der Waals surface area contributed by atoms with Crippen molar-refractivity contribution in [1.82, 2.24) is 0 Å². The first kappa shape index (κ1) is 28.5. The molecule has 0 N–H and O–H groups in total. The van der Waals surface area contributed by atoms with Gasteiger partial charge in [-0.3, -0.25) is 0 Å². The van der Waals surface area contributed by atoms with E-state index in [-0.39, 0.29) is 48.1 Å². The maximum Gasteiger partial charge on any atom is -1.00 e. The van der Waals surface area contributed by atoms with E-state index in [9.17, 15) is 0 Å². The van der Waals surface area contributed by atoms with Crippen molar-refractivity contribution in [3.8, 4) is 0 Å². The summed E-state index contributed by atoms with van der Waals surface area (Å²) in [6.07, 6.45) is 5.91. The van der Waals surface area contributed by atoms with Gasteiger partial charge in [0.15, 0.2) is 0 Å². The molecule has 0 aromatic heterocycles. The van der Waals surface area contributed by atoms with Crippen LogP contribution in [0.1, 0.15) is 58.1 Å². The summed E-state index contributed by atoms with van der Waals surface area (Å²) in [5.74, 6) is 0. The summed E-state index contributed by atoms with van der Waals surface area (Å²) in [7, 11) is 0. The molecule has 0 bridgehead atoms. The van der Waals surface area contributed by atoms with Crippen LogP contribution in [0.4, 0.5) is 0 Å². The molecule has 0 amide bonds. The van der Waals surface area contributed by atoms with Crippen LogP contribution in [0, 0.1) is 5.41 Å². The van der Waals surface area contributed by atoms with Gasteiger partial charge in [-0.2, -0.15) is 0 Å². The van der Waals surface area contributed by atoms with Crippen LogP contribution in [0.25, 0.3) is 0 Å². The van der Waals surface area contributed by atoms with Crippen LogP contribution < -0.4 is 37.2 Å². The average Bonchev–Trinajstić information content (AvgIpc) is 2.98. The number of hydrogen-bond donors (Lipinski definition) is 0. The van der Waals surface area contributed by atoms with E-state index in [1.54, 1.807) is 11.1 Å². The van der Waals surface area contributed by atoms with E-state index < -0.39 is 0 Å². The zero-order valence-corrected chi connectivity index (χ0v) is 21.4. The van der Waals surface area contributed by atoms with Crippen molar-refractivity contribution in [2.45, 2.75) is 52.4 Å². The van der Waals surface area contributed by atoms with E-state index in [4.69, 9.17) is 0 Å². The second kappa shape index (κ2) is 11.8. The van der Waals surface area contributed by atoms with E-state index >= 15 is 0 Å². The van der Waals surface area contributed by atoms with Crippen molar-refractivity contribution in [3.63, 3.8) is 0 Å². The summed E-state index contributed by atoms with van der Waals surface area (Å²) >= 11 is 2.34. The molecular formula is C25H29Cl3Ti. The van der Waals surface area contributed by atoms with Crippen LogP contribution in [0.2, 0.25) is 0 Å². The van der Waals surface area contributed by atoms with Gasteiger partial charge < -0.3 is 37.2 Å². The molecule has 154 valence electrons. The van der Waals surface area contributed by atoms with Gasteiger partial charge in [-0.15, -0.1) is 0 Å². The zero-order chi connectivity index (χ0) is 18.8. The Balaban J connectivity index is 0.00000261. The number of allylic oxidation sites excluding steroid dienone is 4. The fraction of sp³-hybridized carbons (Fsp3) is 0.360. The van der Waals surface area contributed by atoms with Crippen LogP contribution in [-0.4, -0.2) is 0 Å². The predicted octanol–water partition coefficient (Wildman–Crippen LogP) is -2.04. The normalized spacial score (nSPS) is 13.8. The first-order chi connectivity index (χ1) is 12.4. The molecule has 2 aromatic rings. The molecule has 1 aliphatic carbocycles. The molecule has 0 saturated carbocycles. The van der Waals surface area contributed by atoms with E-state index in [1.807, 2.05) is 0 Å². The standard InChI is InChI=1S/C25H29.3ClH.Ti/c1-5-12-20-17-18-23(19-20)25(24(2,3)4,21-13-8-6-9-14-21)22-15-10-7-11-16-22;;;;/h6-11,13-17H,5,12,18H2,1-4H3;3*1H;/q;;;;+3/p-3. The summed E-state index contributed by atoms with van der Waals surface area (Å²) < 4.78 is 1.51. The quantitative estimate of drug-likeness (QED) is 0.430. The van der Waals surface area contributed by atoms with Gasteiger partial charge >= 0.3 is 171 Å². The third-order valence-corrected chi connectivity index (χ3v) is 6.66. The Bertz CT molecular complexity index is 779. The molecule has 0 spiro atoms. The Morgan fingerprint density at radius 2 is 1.24 bits per heavy atom. The van der Waals surface area contributed by atoms with E-state index in [1.165, 1.54) is 27.8 Å². The van der Waals surface area contributed by atoms with Crippen LogP contribution >= 0.6 is 0 Å². The van der Waals surface area contributed by atoms with Gasteiger partial charge in [-0.1, -0.05) is 0 Å². The molecule has 0 saturated heterocycles. The maximum absolute atomic E-state index is 2.47. The van der Waals surface area contributed by atoms with Crippen molar-refractivity contribution in [3.05, 3.63) is 92.9 Å². The molecule has 0 fully saturated rings. The smallest absolute Gasteiger partial charge is 1.00 e. The molecule has 0 aliphatic heterocycles.